The van der Waals surface area contributed by atoms with Crippen LogP contribution < -0.4 is 9.64 Å². The first-order valence-corrected chi connectivity index (χ1v) is 12.4. The fourth-order valence-corrected chi connectivity index (χ4v) is 5.44. The van der Waals surface area contributed by atoms with Crippen molar-refractivity contribution >= 4 is 54.8 Å². The number of hydrogen-bond donors (Lipinski definition) is 0. The number of para-hydroxylation sites is 1. The van der Waals surface area contributed by atoms with Gasteiger partial charge in [0.1, 0.15) is 11.3 Å². The van der Waals surface area contributed by atoms with Crippen LogP contribution in [0.2, 0.25) is 0 Å². The standard InChI is InChI=1S/C22H27N3O4S2.ClH/c1-24(2)14-8-15-25(22-23-21-18(29-3)11-7-12-19(21)30-22)20(26)13-16-31(27,28)17-9-5-4-6-10-17;/h4-7,9-12H,8,13-16H2,1-3H3;1H. The Kier molecular flexibility index (Phi) is 9.45. The van der Waals surface area contributed by atoms with Crippen LogP contribution in [-0.2, 0) is 14.6 Å². The highest BCUT2D eigenvalue weighted by molar-refractivity contribution is 7.91. The van der Waals surface area contributed by atoms with Crippen molar-refractivity contribution in [2.24, 2.45) is 0 Å². The Morgan fingerprint density at radius 1 is 1.06 bits per heavy atom. The van der Waals surface area contributed by atoms with Crippen molar-refractivity contribution in [1.82, 2.24) is 9.88 Å². The van der Waals surface area contributed by atoms with Crippen molar-refractivity contribution in [1.29, 1.82) is 0 Å². The normalized spacial score (nSPS) is 11.4. The average Bonchev–Trinajstić information content (AvgIpc) is 3.19. The molecule has 0 aliphatic carbocycles. The molecule has 3 rings (SSSR count). The maximum absolute atomic E-state index is 13.1. The van der Waals surface area contributed by atoms with Gasteiger partial charge in [0, 0.05) is 13.0 Å². The van der Waals surface area contributed by atoms with Gasteiger partial charge in [0.2, 0.25) is 5.91 Å². The first-order chi connectivity index (χ1) is 14.8. The Morgan fingerprint density at radius 3 is 2.44 bits per heavy atom. The monoisotopic (exact) mass is 497 g/mol. The Labute approximate surface area is 199 Å². The number of thiazole rings is 1. The van der Waals surface area contributed by atoms with Crippen LogP contribution in [0.15, 0.2) is 53.4 Å². The van der Waals surface area contributed by atoms with Gasteiger partial charge in [-0.15, -0.1) is 12.4 Å². The smallest absolute Gasteiger partial charge is 0.229 e. The highest BCUT2D eigenvalue weighted by Gasteiger charge is 2.23. The number of fused-ring (bicyclic) bond motifs is 1. The van der Waals surface area contributed by atoms with Gasteiger partial charge in [0.15, 0.2) is 15.0 Å². The van der Waals surface area contributed by atoms with Gasteiger partial charge < -0.3 is 9.64 Å². The van der Waals surface area contributed by atoms with Gasteiger partial charge in [-0.3, -0.25) is 9.69 Å². The lowest BCUT2D eigenvalue weighted by atomic mass is 10.3. The minimum Gasteiger partial charge on any atom is -0.494 e. The van der Waals surface area contributed by atoms with Crippen LogP contribution >= 0.6 is 23.7 Å². The average molecular weight is 498 g/mol. The van der Waals surface area contributed by atoms with Gasteiger partial charge in [-0.05, 0) is 51.3 Å². The van der Waals surface area contributed by atoms with E-state index in [-0.39, 0.29) is 35.4 Å². The number of halogens is 1. The van der Waals surface area contributed by atoms with Crippen molar-refractivity contribution in [3.8, 4) is 5.75 Å². The van der Waals surface area contributed by atoms with Gasteiger partial charge >= 0.3 is 0 Å². The molecule has 3 aromatic rings. The SMILES string of the molecule is COc1cccc2sc(N(CCCN(C)C)C(=O)CCS(=O)(=O)c3ccccc3)nc12.Cl. The van der Waals surface area contributed by atoms with Crippen molar-refractivity contribution in [3.05, 3.63) is 48.5 Å². The summed E-state index contributed by atoms with van der Waals surface area (Å²) < 4.78 is 31.5. The lowest BCUT2D eigenvalue weighted by molar-refractivity contribution is -0.118. The van der Waals surface area contributed by atoms with Gasteiger partial charge in [-0.25, -0.2) is 13.4 Å². The number of hydrogen-bond acceptors (Lipinski definition) is 7. The molecule has 2 aromatic carbocycles. The number of ether oxygens (including phenoxy) is 1. The van der Waals surface area contributed by atoms with E-state index in [0.717, 1.165) is 17.7 Å². The van der Waals surface area contributed by atoms with Crippen LogP contribution in [0.5, 0.6) is 5.75 Å². The van der Waals surface area contributed by atoms with E-state index in [9.17, 15) is 13.2 Å². The highest BCUT2D eigenvalue weighted by Crippen LogP contribution is 2.34. The fourth-order valence-electron chi connectivity index (χ4n) is 3.17. The zero-order chi connectivity index (χ0) is 22.4. The van der Waals surface area contributed by atoms with Gasteiger partial charge in [0.05, 0.1) is 22.5 Å². The summed E-state index contributed by atoms with van der Waals surface area (Å²) in [7, 11) is 2.00. The number of methoxy groups -OCH3 is 1. The summed E-state index contributed by atoms with van der Waals surface area (Å²) in [6, 6.07) is 13.9. The summed E-state index contributed by atoms with van der Waals surface area (Å²) in [5, 5.41) is 0.556. The van der Waals surface area contributed by atoms with E-state index in [1.165, 1.54) is 11.3 Å². The molecule has 10 heteroatoms. The number of anilines is 1. The van der Waals surface area contributed by atoms with Gasteiger partial charge in [0.25, 0.3) is 0 Å². The molecule has 0 saturated carbocycles. The maximum atomic E-state index is 13.1. The minimum atomic E-state index is -3.53. The molecule has 174 valence electrons. The fraction of sp³-hybridized carbons (Fsp3) is 0.364. The molecular formula is C22H28ClN3O4S2. The Bertz CT molecular complexity index is 1130. The summed E-state index contributed by atoms with van der Waals surface area (Å²) in [5.74, 6) is 0.150. The first-order valence-electron chi connectivity index (χ1n) is 9.98. The van der Waals surface area contributed by atoms with E-state index >= 15 is 0 Å². The summed E-state index contributed by atoms with van der Waals surface area (Å²) in [5.41, 5.74) is 0.701. The molecule has 32 heavy (non-hydrogen) atoms. The molecule has 0 saturated heterocycles. The van der Waals surface area contributed by atoms with Crippen molar-refractivity contribution in [3.63, 3.8) is 0 Å². The summed E-state index contributed by atoms with van der Waals surface area (Å²) >= 11 is 1.40. The van der Waals surface area contributed by atoms with E-state index in [0.29, 0.717) is 22.9 Å². The van der Waals surface area contributed by atoms with Gasteiger partial charge in [-0.2, -0.15) is 0 Å². The van der Waals surface area contributed by atoms with E-state index in [1.807, 2.05) is 37.2 Å². The molecule has 0 spiro atoms. The number of carbonyl (C=O) groups excluding carboxylic acids is 1. The number of nitrogens with zero attached hydrogens (tertiary/aromatic N) is 3. The Hall–Kier alpha value is -2.20. The molecule has 0 bridgehead atoms. The molecule has 1 aromatic heterocycles. The number of sulfone groups is 1. The third kappa shape index (κ3) is 6.41. The van der Waals surface area contributed by atoms with Crippen LogP contribution in [0.3, 0.4) is 0 Å². The Morgan fingerprint density at radius 2 is 1.78 bits per heavy atom. The second kappa shape index (κ2) is 11.6. The molecule has 0 atom stereocenters. The van der Waals surface area contributed by atoms with E-state index < -0.39 is 9.84 Å². The molecule has 0 fully saturated rings. The summed E-state index contributed by atoms with van der Waals surface area (Å²) in [6.07, 6.45) is 0.642. The maximum Gasteiger partial charge on any atom is 0.229 e. The molecule has 0 aliphatic heterocycles. The van der Waals surface area contributed by atoms with E-state index in [4.69, 9.17) is 4.74 Å². The molecule has 1 amide bonds. The molecule has 1 heterocycles. The lowest BCUT2D eigenvalue weighted by Crippen LogP contribution is -2.34. The predicted octanol–water partition coefficient (Wildman–Crippen LogP) is 3.88. The van der Waals surface area contributed by atoms with Crippen LogP contribution in [-0.4, -0.2) is 64.3 Å². The highest BCUT2D eigenvalue weighted by atomic mass is 35.5. The van der Waals surface area contributed by atoms with Gasteiger partial charge in [-0.1, -0.05) is 35.6 Å². The van der Waals surface area contributed by atoms with Crippen LogP contribution in [0.1, 0.15) is 12.8 Å². The molecule has 0 aliphatic rings. The molecule has 0 N–H and O–H groups in total. The lowest BCUT2D eigenvalue weighted by Gasteiger charge is -2.21. The number of rotatable bonds is 10. The van der Waals surface area contributed by atoms with Crippen LogP contribution in [0.4, 0.5) is 5.13 Å². The molecule has 7 nitrogen and oxygen atoms in total. The van der Waals surface area contributed by atoms with Crippen molar-refractivity contribution in [2.45, 2.75) is 17.7 Å². The van der Waals surface area contributed by atoms with Crippen LogP contribution in [0.25, 0.3) is 10.2 Å². The zero-order valence-electron chi connectivity index (χ0n) is 18.4. The Balaban J connectivity index is 0.00000363. The second-order valence-corrected chi connectivity index (χ2v) is 10.5. The number of aromatic nitrogens is 1. The molecule has 0 unspecified atom stereocenters. The topological polar surface area (TPSA) is 79.8 Å². The predicted molar refractivity (Wildman–Crippen MR) is 132 cm³/mol. The second-order valence-electron chi connectivity index (χ2n) is 7.39. The summed E-state index contributed by atoms with van der Waals surface area (Å²) in [4.78, 5) is 21.6. The first kappa shape index (κ1) is 26.1. The number of carbonyl (C=O) groups is 1. The van der Waals surface area contributed by atoms with Crippen molar-refractivity contribution < 1.29 is 17.9 Å². The van der Waals surface area contributed by atoms with E-state index in [1.54, 1.807) is 42.3 Å². The number of benzene rings is 2. The molecular weight excluding hydrogens is 470 g/mol. The summed E-state index contributed by atoms with van der Waals surface area (Å²) in [6.45, 7) is 1.27. The molecule has 0 radical (unpaired) electrons. The third-order valence-corrected chi connectivity index (χ3v) is 7.57. The van der Waals surface area contributed by atoms with Crippen molar-refractivity contribution in [2.75, 3.05) is 44.9 Å². The third-order valence-electron chi connectivity index (χ3n) is 4.80. The largest absolute Gasteiger partial charge is 0.494 e. The van der Waals surface area contributed by atoms with E-state index in [2.05, 4.69) is 4.98 Å². The zero-order valence-corrected chi connectivity index (χ0v) is 20.8. The number of amides is 1. The minimum absolute atomic E-state index is 0. The quantitative estimate of drug-likeness (QED) is 0.423. The van der Waals surface area contributed by atoms with Crippen LogP contribution in [0, 0.1) is 0 Å².